The van der Waals surface area contributed by atoms with Crippen LogP contribution < -0.4 is 15.0 Å². The molecule has 2 amide bonds. The molecule has 1 N–H and O–H groups in total. The topological polar surface area (TPSA) is 96.0 Å². The number of sulfonamides is 1. The highest BCUT2D eigenvalue weighted by atomic mass is 35.5. The summed E-state index contributed by atoms with van der Waals surface area (Å²) in [4.78, 5) is 27.4. The molecular weight excluding hydrogens is 537 g/mol. The summed E-state index contributed by atoms with van der Waals surface area (Å²) in [6.45, 7) is -0.152. The van der Waals surface area contributed by atoms with Gasteiger partial charge in [0.1, 0.15) is 10.6 Å². The third-order valence-corrected chi connectivity index (χ3v) is 8.38. The number of halogens is 2. The molecule has 0 spiro atoms. The van der Waals surface area contributed by atoms with Crippen LogP contribution in [0.5, 0.6) is 5.75 Å². The minimum Gasteiger partial charge on any atom is -0.477 e. The zero-order chi connectivity index (χ0) is 26.6. The Morgan fingerprint density at radius 3 is 2.51 bits per heavy atom. The molecule has 11 heteroatoms. The highest BCUT2D eigenvalue weighted by Crippen LogP contribution is 2.34. The van der Waals surface area contributed by atoms with Crippen molar-refractivity contribution in [3.63, 3.8) is 0 Å². The second kappa shape index (κ2) is 11.5. The molecule has 0 aliphatic carbocycles. The van der Waals surface area contributed by atoms with Gasteiger partial charge < -0.3 is 15.0 Å². The van der Waals surface area contributed by atoms with Gasteiger partial charge in [0.2, 0.25) is 15.9 Å². The quantitative estimate of drug-likeness (QED) is 0.451. The van der Waals surface area contributed by atoms with Gasteiger partial charge in [-0.1, -0.05) is 65.7 Å². The van der Waals surface area contributed by atoms with Crippen LogP contribution in [0.1, 0.15) is 5.56 Å². The lowest BCUT2D eigenvalue weighted by Crippen LogP contribution is -2.52. The summed E-state index contributed by atoms with van der Waals surface area (Å²) in [5.74, 6) is -0.536. The Morgan fingerprint density at radius 1 is 1.05 bits per heavy atom. The molecule has 0 saturated carbocycles. The van der Waals surface area contributed by atoms with Gasteiger partial charge in [0.25, 0.3) is 5.91 Å². The number of ether oxygens (including phenoxy) is 1. The second-order valence-electron chi connectivity index (χ2n) is 8.44. The van der Waals surface area contributed by atoms with Crippen molar-refractivity contribution in [1.82, 2.24) is 9.62 Å². The number of amides is 2. The van der Waals surface area contributed by atoms with Gasteiger partial charge in [-0.3, -0.25) is 9.59 Å². The average molecular weight is 562 g/mol. The summed E-state index contributed by atoms with van der Waals surface area (Å²) >= 11 is 12.1. The van der Waals surface area contributed by atoms with E-state index < -0.39 is 28.6 Å². The molecule has 37 heavy (non-hydrogen) atoms. The number of nitrogens with one attached hydrogen (secondary N) is 1. The van der Waals surface area contributed by atoms with Crippen LogP contribution in [0.4, 0.5) is 5.69 Å². The van der Waals surface area contributed by atoms with E-state index >= 15 is 0 Å². The predicted molar refractivity (Wildman–Crippen MR) is 143 cm³/mol. The molecule has 4 rings (SSSR count). The van der Waals surface area contributed by atoms with Crippen molar-refractivity contribution in [1.29, 1.82) is 0 Å². The van der Waals surface area contributed by atoms with Gasteiger partial charge in [-0.2, -0.15) is 4.31 Å². The summed E-state index contributed by atoms with van der Waals surface area (Å²) in [6, 6.07) is 20.6. The van der Waals surface area contributed by atoms with Gasteiger partial charge in [0, 0.05) is 18.6 Å². The molecule has 1 aliphatic rings. The Labute approximate surface area is 225 Å². The van der Waals surface area contributed by atoms with Crippen LogP contribution in [0.2, 0.25) is 10.0 Å². The molecule has 0 radical (unpaired) electrons. The summed E-state index contributed by atoms with van der Waals surface area (Å²) < 4.78 is 33.0. The zero-order valence-corrected chi connectivity index (χ0v) is 22.3. The Hall–Kier alpha value is -3.11. The molecule has 0 unspecified atom stereocenters. The second-order valence-corrected chi connectivity index (χ2v) is 11.3. The number of para-hydroxylation sites is 2. The van der Waals surface area contributed by atoms with Crippen LogP contribution in [0.15, 0.2) is 77.7 Å². The lowest BCUT2D eigenvalue weighted by atomic mass is 10.1. The monoisotopic (exact) mass is 561 g/mol. The van der Waals surface area contributed by atoms with Crippen molar-refractivity contribution in [3.8, 4) is 5.75 Å². The van der Waals surface area contributed by atoms with E-state index in [2.05, 4.69) is 5.32 Å². The number of rotatable bonds is 8. The molecule has 8 nitrogen and oxygen atoms in total. The van der Waals surface area contributed by atoms with Crippen molar-refractivity contribution < 1.29 is 22.7 Å². The fourth-order valence-electron chi connectivity index (χ4n) is 3.90. The molecule has 0 saturated heterocycles. The van der Waals surface area contributed by atoms with Gasteiger partial charge in [-0.05, 0) is 42.3 Å². The third-order valence-electron chi connectivity index (χ3n) is 5.86. The van der Waals surface area contributed by atoms with E-state index in [0.717, 1.165) is 9.87 Å². The normalized spacial score (nSPS) is 15.1. The molecule has 3 aromatic rings. The SMILES string of the molecule is CN(CC(=O)N1C[C@@H](C(=O)NCCc2ccccc2)Oc2ccccc21)S(=O)(=O)c1cc(Cl)ccc1Cl. The molecule has 0 fully saturated rings. The number of likely N-dealkylation sites (N-methyl/N-ethyl adjacent to an activating group) is 1. The van der Waals surface area contributed by atoms with E-state index in [9.17, 15) is 18.0 Å². The van der Waals surface area contributed by atoms with Gasteiger partial charge in [-0.15, -0.1) is 0 Å². The van der Waals surface area contributed by atoms with Gasteiger partial charge in [-0.25, -0.2) is 8.42 Å². The van der Waals surface area contributed by atoms with Crippen LogP contribution in [-0.4, -0.2) is 57.3 Å². The number of nitrogens with zero attached hydrogens (tertiary/aromatic N) is 2. The highest BCUT2D eigenvalue weighted by molar-refractivity contribution is 7.89. The first-order valence-electron chi connectivity index (χ1n) is 11.5. The van der Waals surface area contributed by atoms with E-state index in [4.69, 9.17) is 27.9 Å². The Balaban J connectivity index is 1.47. The van der Waals surface area contributed by atoms with Crippen molar-refractivity contribution in [2.45, 2.75) is 17.4 Å². The molecule has 0 aromatic heterocycles. The first kappa shape index (κ1) is 26.9. The summed E-state index contributed by atoms with van der Waals surface area (Å²) in [5, 5.41) is 3.05. The Kier molecular flexibility index (Phi) is 8.39. The first-order chi connectivity index (χ1) is 17.7. The Bertz CT molecular complexity index is 1400. The number of fused-ring (bicyclic) bond motifs is 1. The molecule has 1 atom stereocenters. The van der Waals surface area contributed by atoms with E-state index in [1.165, 1.54) is 30.1 Å². The number of benzene rings is 3. The Morgan fingerprint density at radius 2 is 1.76 bits per heavy atom. The summed E-state index contributed by atoms with van der Waals surface area (Å²) in [6.07, 6.45) is -0.313. The zero-order valence-electron chi connectivity index (χ0n) is 19.9. The fraction of sp³-hybridized carbons (Fsp3) is 0.231. The number of hydrogen-bond acceptors (Lipinski definition) is 5. The number of anilines is 1. The number of hydrogen-bond donors (Lipinski definition) is 1. The minimum absolute atomic E-state index is 0.00680. The average Bonchev–Trinajstić information content (AvgIpc) is 2.89. The van der Waals surface area contributed by atoms with Crippen LogP contribution in [0.3, 0.4) is 0 Å². The maximum Gasteiger partial charge on any atom is 0.262 e. The number of carbonyl (C=O) groups is 2. The fourth-order valence-corrected chi connectivity index (χ4v) is 5.75. The third kappa shape index (κ3) is 6.24. The van der Waals surface area contributed by atoms with Crippen LogP contribution >= 0.6 is 23.2 Å². The van der Waals surface area contributed by atoms with Crippen LogP contribution in [-0.2, 0) is 26.0 Å². The molecule has 1 aliphatic heterocycles. The summed E-state index contributed by atoms with van der Waals surface area (Å²) in [7, 11) is -2.83. The molecule has 0 bridgehead atoms. The van der Waals surface area contributed by atoms with Crippen LogP contribution in [0, 0.1) is 0 Å². The molecular formula is C26H25Cl2N3O5S. The van der Waals surface area contributed by atoms with Gasteiger partial charge in [0.05, 0.1) is 23.8 Å². The largest absolute Gasteiger partial charge is 0.477 e. The van der Waals surface area contributed by atoms with Crippen molar-refractivity contribution in [2.24, 2.45) is 0 Å². The van der Waals surface area contributed by atoms with E-state index in [1.807, 2.05) is 30.3 Å². The maximum atomic E-state index is 13.3. The van der Waals surface area contributed by atoms with E-state index in [1.54, 1.807) is 24.3 Å². The van der Waals surface area contributed by atoms with Crippen molar-refractivity contribution in [2.75, 3.05) is 31.6 Å². The first-order valence-corrected chi connectivity index (χ1v) is 13.7. The van der Waals surface area contributed by atoms with Crippen LogP contribution in [0.25, 0.3) is 0 Å². The summed E-state index contributed by atoms with van der Waals surface area (Å²) in [5.41, 5.74) is 1.53. The van der Waals surface area contributed by atoms with Crippen molar-refractivity contribution >= 4 is 50.7 Å². The van der Waals surface area contributed by atoms with E-state index in [0.29, 0.717) is 24.4 Å². The van der Waals surface area contributed by atoms with Gasteiger partial charge >= 0.3 is 0 Å². The maximum absolute atomic E-state index is 13.3. The standard InChI is InChI=1S/C26H25Cl2N3O5S/c1-30(37(34,35)24-15-19(27)11-12-20(24)28)17-25(32)31-16-23(36-22-10-6-5-9-21(22)31)26(33)29-14-13-18-7-3-2-4-8-18/h2-12,15,23H,13-14,16-17H2,1H3,(H,29,33)/t23-/m0/s1. The lowest BCUT2D eigenvalue weighted by molar-refractivity contribution is -0.128. The molecule has 1 heterocycles. The molecule has 194 valence electrons. The smallest absolute Gasteiger partial charge is 0.262 e. The van der Waals surface area contributed by atoms with Gasteiger partial charge in [0.15, 0.2) is 6.10 Å². The minimum atomic E-state index is -4.11. The predicted octanol–water partition coefficient (Wildman–Crippen LogP) is 3.77. The highest BCUT2D eigenvalue weighted by Gasteiger charge is 2.35. The lowest BCUT2D eigenvalue weighted by Gasteiger charge is -2.35. The number of carbonyl (C=O) groups excluding carboxylic acids is 2. The van der Waals surface area contributed by atoms with Crippen molar-refractivity contribution in [3.05, 3.63) is 88.4 Å². The molecule has 3 aromatic carbocycles. The van der Waals surface area contributed by atoms with E-state index in [-0.39, 0.29) is 27.4 Å².